The highest BCUT2D eigenvalue weighted by molar-refractivity contribution is 5.85. The molecule has 0 bridgehead atoms. The van der Waals surface area contributed by atoms with Gasteiger partial charge in [0.25, 0.3) is 0 Å². The van der Waals surface area contributed by atoms with Crippen LogP contribution in [0.15, 0.2) is 36.7 Å². The van der Waals surface area contributed by atoms with Gasteiger partial charge in [-0.1, -0.05) is 24.3 Å². The van der Waals surface area contributed by atoms with Gasteiger partial charge in [0.2, 0.25) is 0 Å². The second-order valence-corrected chi connectivity index (χ2v) is 7.81. The lowest BCUT2D eigenvalue weighted by atomic mass is 10.0. The summed E-state index contributed by atoms with van der Waals surface area (Å²) in [6.07, 6.45) is 3.92. The first-order valence-electron chi connectivity index (χ1n) is 10.4. The molecule has 0 saturated carbocycles. The van der Waals surface area contributed by atoms with Gasteiger partial charge in [-0.15, -0.1) is 12.4 Å². The maximum absolute atomic E-state index is 8.88. The van der Waals surface area contributed by atoms with Crippen LogP contribution in [0.25, 0.3) is 11.3 Å². The minimum Gasteiger partial charge on any atom is -0.352 e. The number of hydrogen-bond acceptors (Lipinski definition) is 6. The predicted octanol–water partition coefficient (Wildman–Crippen LogP) is 3.85. The molecule has 2 aromatic heterocycles. The summed E-state index contributed by atoms with van der Waals surface area (Å²) < 4.78 is 0. The van der Waals surface area contributed by atoms with Crippen LogP contribution in [0.1, 0.15) is 35.5 Å². The van der Waals surface area contributed by atoms with Crippen LogP contribution in [0.2, 0.25) is 0 Å². The van der Waals surface area contributed by atoms with Crippen LogP contribution in [-0.4, -0.2) is 51.2 Å². The Hall–Kier alpha value is -2.95. The zero-order chi connectivity index (χ0) is 21.1. The molecule has 0 aliphatic carbocycles. The Morgan fingerprint density at radius 3 is 2.35 bits per heavy atom. The molecule has 1 fully saturated rings. The van der Waals surface area contributed by atoms with E-state index in [0.717, 1.165) is 60.2 Å². The van der Waals surface area contributed by atoms with Crippen LogP contribution >= 0.6 is 12.4 Å². The molecule has 1 aromatic carbocycles. The SMILES string of the molecule is Cc1n[nH]c(C)c1C(C)N1CCN(c2nccnc2-c2ccc(CC#N)cc2)CC1.Cl. The molecule has 1 atom stereocenters. The lowest BCUT2D eigenvalue weighted by molar-refractivity contribution is 0.197. The van der Waals surface area contributed by atoms with Crippen molar-refractivity contribution in [3.8, 4) is 17.3 Å². The van der Waals surface area contributed by atoms with Gasteiger partial charge in [-0.25, -0.2) is 4.98 Å². The number of aryl methyl sites for hydroxylation is 2. The Morgan fingerprint density at radius 2 is 1.74 bits per heavy atom. The number of nitrogens with one attached hydrogen (secondary N) is 1. The molecule has 1 unspecified atom stereocenters. The molecular formula is C23H28ClN7. The smallest absolute Gasteiger partial charge is 0.155 e. The molecule has 7 nitrogen and oxygen atoms in total. The lowest BCUT2D eigenvalue weighted by Gasteiger charge is -2.39. The molecule has 4 rings (SSSR count). The molecule has 0 radical (unpaired) electrons. The van der Waals surface area contributed by atoms with Crippen molar-refractivity contribution in [2.75, 3.05) is 31.1 Å². The summed E-state index contributed by atoms with van der Waals surface area (Å²) in [5.74, 6) is 0.925. The number of nitrogens with zero attached hydrogens (tertiary/aromatic N) is 6. The lowest BCUT2D eigenvalue weighted by Crippen LogP contribution is -2.47. The molecule has 8 heteroatoms. The van der Waals surface area contributed by atoms with E-state index in [1.165, 1.54) is 5.56 Å². The first-order chi connectivity index (χ1) is 14.6. The maximum Gasteiger partial charge on any atom is 0.155 e. The molecule has 1 aliphatic heterocycles. The van der Waals surface area contributed by atoms with Crippen LogP contribution in [0.4, 0.5) is 5.82 Å². The van der Waals surface area contributed by atoms with E-state index in [9.17, 15) is 0 Å². The molecule has 0 amide bonds. The highest BCUT2D eigenvalue weighted by Crippen LogP contribution is 2.30. The largest absolute Gasteiger partial charge is 0.352 e. The molecule has 3 heterocycles. The zero-order valence-corrected chi connectivity index (χ0v) is 19.0. The van der Waals surface area contributed by atoms with Crippen molar-refractivity contribution in [3.05, 3.63) is 59.2 Å². The van der Waals surface area contributed by atoms with Gasteiger partial charge in [-0.3, -0.25) is 15.0 Å². The second-order valence-electron chi connectivity index (χ2n) is 7.81. The number of aromatic amines is 1. The standard InChI is InChI=1S/C23H27N7.ClH/c1-16-21(17(2)28-27-16)18(3)29-12-14-30(15-13-29)23-22(25-10-11-26-23)20-6-4-19(5-7-20)8-9-24;/h4-7,10-11,18H,8,12-15H2,1-3H3,(H,27,28);1H. The Bertz CT molecular complexity index is 1030. The van der Waals surface area contributed by atoms with E-state index in [2.05, 4.69) is 56.8 Å². The van der Waals surface area contributed by atoms with Crippen LogP contribution in [0.3, 0.4) is 0 Å². The molecule has 1 N–H and O–H groups in total. The van der Waals surface area contributed by atoms with Gasteiger partial charge in [0.05, 0.1) is 18.2 Å². The average Bonchev–Trinajstić information content (AvgIpc) is 3.12. The van der Waals surface area contributed by atoms with Gasteiger partial charge in [-0.05, 0) is 26.3 Å². The summed E-state index contributed by atoms with van der Waals surface area (Å²) in [5.41, 5.74) is 6.47. The fourth-order valence-electron chi connectivity index (χ4n) is 4.32. The summed E-state index contributed by atoms with van der Waals surface area (Å²) >= 11 is 0. The number of halogens is 1. The van der Waals surface area contributed by atoms with Crippen LogP contribution in [0, 0.1) is 25.2 Å². The van der Waals surface area contributed by atoms with E-state index in [0.29, 0.717) is 12.5 Å². The number of rotatable bonds is 5. The summed E-state index contributed by atoms with van der Waals surface area (Å²) in [6.45, 7) is 10.1. The fourth-order valence-corrected chi connectivity index (χ4v) is 4.32. The zero-order valence-electron chi connectivity index (χ0n) is 18.2. The van der Waals surface area contributed by atoms with Crippen LogP contribution in [0.5, 0.6) is 0 Å². The first kappa shape index (κ1) is 22.7. The number of aromatic nitrogens is 4. The maximum atomic E-state index is 8.88. The van der Waals surface area contributed by atoms with E-state index in [1.807, 2.05) is 24.3 Å². The number of piperazine rings is 1. The quantitative estimate of drug-likeness (QED) is 0.652. The molecule has 0 spiro atoms. The van der Waals surface area contributed by atoms with Gasteiger partial charge in [0, 0.05) is 61.4 Å². The van der Waals surface area contributed by atoms with Crippen molar-refractivity contribution >= 4 is 18.2 Å². The molecule has 1 saturated heterocycles. The van der Waals surface area contributed by atoms with Gasteiger partial charge in [-0.2, -0.15) is 10.4 Å². The third-order valence-corrected chi connectivity index (χ3v) is 5.95. The van der Waals surface area contributed by atoms with Crippen molar-refractivity contribution in [1.82, 2.24) is 25.1 Å². The van der Waals surface area contributed by atoms with Crippen molar-refractivity contribution in [2.45, 2.75) is 33.2 Å². The highest BCUT2D eigenvalue weighted by Gasteiger charge is 2.27. The molecule has 162 valence electrons. The highest BCUT2D eigenvalue weighted by atomic mass is 35.5. The fraction of sp³-hybridized carbons (Fsp3) is 0.391. The summed E-state index contributed by atoms with van der Waals surface area (Å²) in [6, 6.07) is 10.6. The average molecular weight is 438 g/mol. The summed E-state index contributed by atoms with van der Waals surface area (Å²) in [7, 11) is 0. The van der Waals surface area contributed by atoms with Gasteiger partial charge >= 0.3 is 0 Å². The van der Waals surface area contributed by atoms with E-state index in [-0.39, 0.29) is 12.4 Å². The minimum atomic E-state index is 0. The molecule has 31 heavy (non-hydrogen) atoms. The van der Waals surface area contributed by atoms with Crippen molar-refractivity contribution in [3.63, 3.8) is 0 Å². The Kier molecular flexibility index (Phi) is 7.26. The monoisotopic (exact) mass is 437 g/mol. The van der Waals surface area contributed by atoms with Gasteiger partial charge in [0.15, 0.2) is 5.82 Å². The van der Waals surface area contributed by atoms with Crippen molar-refractivity contribution < 1.29 is 0 Å². The second kappa shape index (κ2) is 9.90. The predicted molar refractivity (Wildman–Crippen MR) is 124 cm³/mol. The van der Waals surface area contributed by atoms with Crippen molar-refractivity contribution in [2.24, 2.45) is 0 Å². The van der Waals surface area contributed by atoms with E-state index < -0.39 is 0 Å². The molecule has 3 aromatic rings. The third-order valence-electron chi connectivity index (χ3n) is 5.95. The van der Waals surface area contributed by atoms with E-state index in [4.69, 9.17) is 5.26 Å². The Labute approximate surface area is 189 Å². The Balaban J connectivity index is 0.00000272. The number of benzene rings is 1. The minimum absolute atomic E-state index is 0. The molecule has 1 aliphatic rings. The summed E-state index contributed by atoms with van der Waals surface area (Å²) in [5, 5.41) is 16.3. The number of hydrogen-bond donors (Lipinski definition) is 1. The first-order valence-corrected chi connectivity index (χ1v) is 10.4. The number of anilines is 1. The third kappa shape index (κ3) is 4.71. The van der Waals surface area contributed by atoms with Crippen LogP contribution < -0.4 is 4.90 Å². The topological polar surface area (TPSA) is 84.7 Å². The molecular weight excluding hydrogens is 410 g/mol. The van der Waals surface area contributed by atoms with Crippen molar-refractivity contribution in [1.29, 1.82) is 5.26 Å². The van der Waals surface area contributed by atoms with Gasteiger partial charge in [0.1, 0.15) is 5.69 Å². The number of nitriles is 1. The normalized spacial score (nSPS) is 15.2. The van der Waals surface area contributed by atoms with E-state index >= 15 is 0 Å². The Morgan fingerprint density at radius 1 is 1.06 bits per heavy atom. The van der Waals surface area contributed by atoms with Crippen LogP contribution in [-0.2, 0) is 6.42 Å². The number of H-pyrrole nitrogens is 1. The summed E-state index contributed by atoms with van der Waals surface area (Å²) in [4.78, 5) is 14.1. The van der Waals surface area contributed by atoms with Gasteiger partial charge < -0.3 is 4.90 Å². The van der Waals surface area contributed by atoms with E-state index in [1.54, 1.807) is 12.4 Å².